The average Bonchev–Trinajstić information content (AvgIpc) is 2.76. The predicted octanol–water partition coefficient (Wildman–Crippen LogP) is 3.22. The molecule has 0 fully saturated rings. The number of guanidine groups is 1. The Kier molecular flexibility index (Phi) is 8.99. The molecule has 0 heterocycles. The summed E-state index contributed by atoms with van der Waals surface area (Å²) in [5, 5.41) is 6.28. The lowest BCUT2D eigenvalue weighted by Crippen LogP contribution is -2.38. The number of methoxy groups -OCH3 is 3. The lowest BCUT2D eigenvalue weighted by Gasteiger charge is -2.15. The van der Waals surface area contributed by atoms with Gasteiger partial charge in [0.2, 0.25) is 0 Å². The maximum absolute atomic E-state index is 12.7. The minimum atomic E-state index is -2.91. The second-order valence-electron chi connectivity index (χ2n) is 6.14. The second kappa shape index (κ2) is 11.7. The molecule has 0 amide bonds. The molecule has 0 aliphatic carbocycles. The molecule has 0 bridgehead atoms. The fraction of sp³-hybridized carbons (Fsp3) is 0.381. The van der Waals surface area contributed by atoms with Crippen molar-refractivity contribution < 1.29 is 27.7 Å². The van der Waals surface area contributed by atoms with Crippen LogP contribution in [-0.2, 0) is 13.0 Å². The van der Waals surface area contributed by atoms with E-state index in [2.05, 4.69) is 20.4 Å². The zero-order valence-electron chi connectivity index (χ0n) is 17.5. The molecule has 0 aliphatic rings. The summed E-state index contributed by atoms with van der Waals surface area (Å²) in [7, 11) is 6.33. The minimum absolute atomic E-state index is 0.0825. The first-order valence-electron chi connectivity index (χ1n) is 9.27. The van der Waals surface area contributed by atoms with Crippen molar-refractivity contribution >= 4 is 5.96 Å². The number of hydrogen-bond donors (Lipinski definition) is 2. The van der Waals surface area contributed by atoms with E-state index in [-0.39, 0.29) is 12.3 Å². The maximum Gasteiger partial charge on any atom is 0.387 e. The number of halogens is 2. The van der Waals surface area contributed by atoms with E-state index in [1.54, 1.807) is 33.4 Å². The van der Waals surface area contributed by atoms with Gasteiger partial charge in [-0.25, -0.2) is 0 Å². The zero-order valence-corrected chi connectivity index (χ0v) is 17.5. The summed E-state index contributed by atoms with van der Waals surface area (Å²) in [6.07, 6.45) is 0.722. The zero-order chi connectivity index (χ0) is 21.9. The van der Waals surface area contributed by atoms with Crippen molar-refractivity contribution in [3.8, 4) is 23.0 Å². The first-order chi connectivity index (χ1) is 14.5. The number of hydrogen-bond acceptors (Lipinski definition) is 5. The van der Waals surface area contributed by atoms with Gasteiger partial charge in [0, 0.05) is 25.7 Å². The molecule has 164 valence electrons. The summed E-state index contributed by atoms with van der Waals surface area (Å²) >= 11 is 0. The molecule has 0 atom stereocenters. The summed E-state index contributed by atoms with van der Waals surface area (Å²) < 4.78 is 45.6. The fourth-order valence-corrected chi connectivity index (χ4v) is 2.79. The first-order valence-corrected chi connectivity index (χ1v) is 9.27. The number of alkyl halides is 2. The third-order valence-corrected chi connectivity index (χ3v) is 4.31. The van der Waals surface area contributed by atoms with Crippen molar-refractivity contribution in [2.45, 2.75) is 19.6 Å². The second-order valence-corrected chi connectivity index (χ2v) is 6.14. The predicted molar refractivity (Wildman–Crippen MR) is 111 cm³/mol. The van der Waals surface area contributed by atoms with Crippen LogP contribution in [0.4, 0.5) is 8.78 Å². The molecule has 0 aliphatic heterocycles. The van der Waals surface area contributed by atoms with Gasteiger partial charge in [0.15, 0.2) is 17.5 Å². The minimum Gasteiger partial charge on any atom is -0.497 e. The standard InChI is InChI=1S/C21H27F2N3O4/c1-24-21(25-10-9-14-5-7-18(28-3)19(11-14)29-4)26-13-15-12-16(27-2)6-8-17(15)30-20(22)23/h5-8,11-12,20H,9-10,13H2,1-4H3,(H2,24,25,26). The van der Waals surface area contributed by atoms with E-state index in [9.17, 15) is 8.78 Å². The first kappa shape index (κ1) is 23.1. The Hall–Kier alpha value is -3.23. The Labute approximate surface area is 175 Å². The van der Waals surface area contributed by atoms with E-state index < -0.39 is 6.61 Å². The van der Waals surface area contributed by atoms with Crippen LogP contribution in [0.25, 0.3) is 0 Å². The lowest BCUT2D eigenvalue weighted by atomic mass is 10.1. The van der Waals surface area contributed by atoms with Crippen LogP contribution < -0.4 is 29.6 Å². The quantitative estimate of drug-likeness (QED) is 0.452. The SMILES string of the molecule is CN=C(NCCc1ccc(OC)c(OC)c1)NCc1cc(OC)ccc1OC(F)F. The van der Waals surface area contributed by atoms with Crippen molar-refractivity contribution in [1.29, 1.82) is 0 Å². The van der Waals surface area contributed by atoms with E-state index >= 15 is 0 Å². The van der Waals surface area contributed by atoms with Crippen molar-refractivity contribution in [2.75, 3.05) is 34.9 Å². The van der Waals surface area contributed by atoms with Crippen molar-refractivity contribution in [3.05, 3.63) is 47.5 Å². The van der Waals surface area contributed by atoms with E-state index in [4.69, 9.17) is 14.2 Å². The van der Waals surface area contributed by atoms with Gasteiger partial charge in [0.25, 0.3) is 0 Å². The molecule has 2 rings (SSSR count). The van der Waals surface area contributed by atoms with Crippen LogP contribution in [0, 0.1) is 0 Å². The third kappa shape index (κ3) is 6.68. The molecular formula is C21H27F2N3O4. The maximum atomic E-state index is 12.7. The third-order valence-electron chi connectivity index (χ3n) is 4.31. The molecule has 2 aromatic carbocycles. The van der Waals surface area contributed by atoms with Gasteiger partial charge in [0.05, 0.1) is 21.3 Å². The Morgan fingerprint density at radius 1 is 0.933 bits per heavy atom. The van der Waals surface area contributed by atoms with Gasteiger partial charge in [-0.2, -0.15) is 8.78 Å². The normalized spacial score (nSPS) is 11.2. The van der Waals surface area contributed by atoms with E-state index in [0.29, 0.717) is 35.3 Å². The number of nitrogens with zero attached hydrogens (tertiary/aromatic N) is 1. The molecule has 9 heteroatoms. The molecule has 0 unspecified atom stereocenters. The molecular weight excluding hydrogens is 396 g/mol. The number of benzene rings is 2. The highest BCUT2D eigenvalue weighted by molar-refractivity contribution is 5.79. The highest BCUT2D eigenvalue weighted by atomic mass is 19.3. The van der Waals surface area contributed by atoms with Crippen LogP contribution in [0.1, 0.15) is 11.1 Å². The Bertz CT molecular complexity index is 847. The molecule has 30 heavy (non-hydrogen) atoms. The van der Waals surface area contributed by atoms with Gasteiger partial charge in [-0.1, -0.05) is 6.07 Å². The summed E-state index contributed by atoms with van der Waals surface area (Å²) in [4.78, 5) is 4.16. The Morgan fingerprint density at radius 3 is 2.30 bits per heavy atom. The van der Waals surface area contributed by atoms with Crippen LogP contribution in [0.5, 0.6) is 23.0 Å². The molecule has 0 aromatic heterocycles. The van der Waals surface area contributed by atoms with E-state index in [0.717, 1.165) is 12.0 Å². The topological polar surface area (TPSA) is 73.3 Å². The average molecular weight is 423 g/mol. The van der Waals surface area contributed by atoms with Gasteiger partial charge in [-0.05, 0) is 42.3 Å². The highest BCUT2D eigenvalue weighted by Gasteiger charge is 2.12. The molecule has 0 radical (unpaired) electrons. The Morgan fingerprint density at radius 2 is 1.67 bits per heavy atom. The number of aliphatic imine (C=N–C) groups is 1. The summed E-state index contributed by atoms with van der Waals surface area (Å²) in [6, 6.07) is 10.4. The molecule has 7 nitrogen and oxygen atoms in total. The van der Waals surface area contributed by atoms with Crippen molar-refractivity contribution in [2.24, 2.45) is 4.99 Å². The monoisotopic (exact) mass is 423 g/mol. The number of nitrogens with one attached hydrogen (secondary N) is 2. The van der Waals surface area contributed by atoms with Gasteiger partial charge >= 0.3 is 6.61 Å². The number of rotatable bonds is 10. The van der Waals surface area contributed by atoms with E-state index in [1.165, 1.54) is 13.2 Å². The summed E-state index contributed by atoms with van der Waals surface area (Å²) in [5.41, 5.74) is 1.59. The summed E-state index contributed by atoms with van der Waals surface area (Å²) in [5.74, 6) is 2.50. The van der Waals surface area contributed by atoms with Crippen molar-refractivity contribution in [3.63, 3.8) is 0 Å². The van der Waals surface area contributed by atoms with Crippen LogP contribution in [-0.4, -0.2) is 47.5 Å². The van der Waals surface area contributed by atoms with Crippen LogP contribution >= 0.6 is 0 Å². The van der Waals surface area contributed by atoms with Crippen LogP contribution in [0.2, 0.25) is 0 Å². The van der Waals surface area contributed by atoms with Crippen LogP contribution in [0.3, 0.4) is 0 Å². The molecule has 0 spiro atoms. The van der Waals surface area contributed by atoms with E-state index in [1.807, 2.05) is 18.2 Å². The van der Waals surface area contributed by atoms with Crippen molar-refractivity contribution in [1.82, 2.24) is 10.6 Å². The lowest BCUT2D eigenvalue weighted by molar-refractivity contribution is -0.0504. The molecule has 2 N–H and O–H groups in total. The Balaban J connectivity index is 1.94. The van der Waals surface area contributed by atoms with Gasteiger partial charge in [-0.15, -0.1) is 0 Å². The smallest absolute Gasteiger partial charge is 0.387 e. The fourth-order valence-electron chi connectivity index (χ4n) is 2.79. The summed E-state index contributed by atoms with van der Waals surface area (Å²) in [6.45, 7) is -2.07. The highest BCUT2D eigenvalue weighted by Crippen LogP contribution is 2.28. The van der Waals surface area contributed by atoms with Gasteiger partial charge in [-0.3, -0.25) is 4.99 Å². The van der Waals surface area contributed by atoms with Crippen LogP contribution in [0.15, 0.2) is 41.4 Å². The number of ether oxygens (including phenoxy) is 4. The molecule has 2 aromatic rings. The largest absolute Gasteiger partial charge is 0.497 e. The molecule has 0 saturated carbocycles. The molecule has 0 saturated heterocycles. The van der Waals surface area contributed by atoms with Gasteiger partial charge in [0.1, 0.15) is 11.5 Å². The van der Waals surface area contributed by atoms with Gasteiger partial charge < -0.3 is 29.6 Å².